The van der Waals surface area contributed by atoms with Crippen molar-refractivity contribution in [3.8, 4) is 51.2 Å². The molecule has 1 aliphatic carbocycles. The molecule has 7 rings (SSSR count). The van der Waals surface area contributed by atoms with E-state index in [4.69, 9.17) is 6.57 Å². The third kappa shape index (κ3) is 7.59. The van der Waals surface area contributed by atoms with Crippen molar-refractivity contribution < 1.29 is 61.5 Å². The molecule has 2 aromatic heterocycles. The third-order valence-electron chi connectivity index (χ3n) is 8.81. The van der Waals surface area contributed by atoms with Crippen LogP contribution in [0.4, 0.5) is 61.5 Å². The van der Waals surface area contributed by atoms with Crippen LogP contribution in [0.3, 0.4) is 0 Å². The molecule has 0 fully saturated rings. The van der Waals surface area contributed by atoms with Crippen molar-refractivity contribution in [2.75, 3.05) is 0 Å². The van der Waals surface area contributed by atoms with Crippen molar-refractivity contribution in [2.24, 2.45) is 10.1 Å². The molecule has 0 radical (unpaired) electrons. The van der Waals surface area contributed by atoms with E-state index in [1.807, 2.05) is 0 Å². The van der Waals surface area contributed by atoms with Gasteiger partial charge in [0.1, 0.15) is 63.3 Å². The molecule has 0 aliphatic heterocycles. The number of nitrogens with zero attached hydrogens (tertiary/aromatic N) is 8. The highest BCUT2D eigenvalue weighted by atomic mass is 19.4. The van der Waals surface area contributed by atoms with E-state index in [1.165, 1.54) is 6.19 Å². The summed E-state index contributed by atoms with van der Waals surface area (Å²) in [5.41, 5.74) is -18.8. The fraction of sp³-hybridized carbons (Fsp3) is 0.0769. The lowest BCUT2D eigenvalue weighted by atomic mass is 9.91. The topological polar surface area (TPSA) is 104 Å². The van der Waals surface area contributed by atoms with Crippen LogP contribution in [0.25, 0.3) is 50.0 Å². The number of fused-ring (bicyclic) bond motifs is 2. The van der Waals surface area contributed by atoms with Crippen LogP contribution in [-0.4, -0.2) is 31.4 Å². The van der Waals surface area contributed by atoms with Crippen LogP contribution in [0.1, 0.15) is 39.5 Å². The van der Waals surface area contributed by atoms with Crippen molar-refractivity contribution in [1.82, 2.24) is 19.9 Å². The Balaban J connectivity index is 1.67. The summed E-state index contributed by atoms with van der Waals surface area (Å²) in [6, 6.07) is 4.67. The van der Waals surface area contributed by atoms with Crippen LogP contribution in [0, 0.1) is 47.1 Å². The van der Waals surface area contributed by atoms with Crippen LogP contribution < -0.4 is 0 Å². The molecule has 0 bridgehead atoms. The summed E-state index contributed by atoms with van der Waals surface area (Å²) in [7, 11) is 0. The summed E-state index contributed by atoms with van der Waals surface area (Å²) in [5.74, 6) is -6.97. The first kappa shape index (κ1) is 41.5. The van der Waals surface area contributed by atoms with E-state index in [2.05, 4.69) is 35.0 Å². The number of hydrogen-bond donors (Lipinski definition) is 0. The summed E-state index contributed by atoms with van der Waals surface area (Å²) < 4.78 is 203. The largest absolute Gasteiger partial charge is 0.417 e. The van der Waals surface area contributed by atoms with Crippen LogP contribution in [0.15, 0.2) is 82.9 Å². The van der Waals surface area contributed by atoms with Gasteiger partial charge in [-0.2, -0.15) is 56.3 Å². The maximum absolute atomic E-state index is 15.5. The zero-order valence-electron chi connectivity index (χ0n) is 29.3. The first-order valence-corrected chi connectivity index (χ1v) is 16.5. The maximum Gasteiger partial charge on any atom is 0.417 e. The van der Waals surface area contributed by atoms with Gasteiger partial charge in [-0.3, -0.25) is 0 Å². The van der Waals surface area contributed by atoms with Crippen LogP contribution >= 0.6 is 0 Å². The molecule has 2 heterocycles. The Morgan fingerprint density at radius 3 is 1.08 bits per heavy atom. The predicted octanol–water partition coefficient (Wildman–Crippen LogP) is 11.0. The van der Waals surface area contributed by atoms with Gasteiger partial charge in [-0.25, -0.2) is 41.9 Å². The Morgan fingerprint density at radius 2 is 0.770 bits per heavy atom. The van der Waals surface area contributed by atoms with Crippen LogP contribution in [0.5, 0.6) is 0 Å². The summed E-state index contributed by atoms with van der Waals surface area (Å²) >= 11 is 0. The molecule has 0 N–H and O–H groups in total. The number of hydrogen-bond acceptors (Lipinski definition) is 7. The number of aromatic nitrogens is 4. The number of rotatable bonds is 4. The second kappa shape index (κ2) is 14.9. The lowest BCUT2D eigenvalue weighted by Crippen LogP contribution is -2.29. The molecule has 0 atom stereocenters. The van der Waals surface area contributed by atoms with Gasteiger partial charge in [0.05, 0.1) is 38.9 Å². The van der Waals surface area contributed by atoms with Gasteiger partial charge in [-0.15, -0.1) is 4.95 Å². The SMILES string of the molecule is [C-]#[N+]/N=C1/c2nc(-c3ccc(F)cc3F)c(-c3ccc(F)cc3C(F)(F)F)nc2C(=NC#N)c2nc(-c3ccc(F)cc3C(F)(F)F)c(-c3ccc(F)cc3C(F)(F)F)nc21. The molecule has 4 aromatic carbocycles. The second-order valence-corrected chi connectivity index (χ2v) is 12.5. The van der Waals surface area contributed by atoms with Gasteiger partial charge in [0.15, 0.2) is 0 Å². The third-order valence-corrected chi connectivity index (χ3v) is 8.81. The van der Waals surface area contributed by atoms with Gasteiger partial charge in [0.25, 0.3) is 0 Å². The van der Waals surface area contributed by atoms with Gasteiger partial charge < -0.3 is 0 Å². The van der Waals surface area contributed by atoms with Crippen molar-refractivity contribution in [3.05, 3.63) is 153 Å². The van der Waals surface area contributed by atoms with E-state index in [9.17, 15) is 62.3 Å². The Hall–Kier alpha value is -7.62. The highest BCUT2D eigenvalue weighted by Gasteiger charge is 2.43. The summed E-state index contributed by atoms with van der Waals surface area (Å²) in [6.07, 6.45) is -14.9. The van der Waals surface area contributed by atoms with E-state index < -0.39 is 144 Å². The van der Waals surface area contributed by atoms with Crippen LogP contribution in [-0.2, 0) is 18.5 Å². The molecule has 0 spiro atoms. The molecule has 0 saturated heterocycles. The minimum absolute atomic E-state index is 0.0250. The first-order valence-electron chi connectivity index (χ1n) is 16.5. The zero-order valence-corrected chi connectivity index (χ0v) is 29.3. The Kier molecular flexibility index (Phi) is 10.1. The average Bonchev–Trinajstić information content (AvgIpc) is 3.17. The Morgan fingerprint density at radius 1 is 0.459 bits per heavy atom. The van der Waals surface area contributed by atoms with Crippen molar-refractivity contribution in [3.63, 3.8) is 0 Å². The fourth-order valence-corrected chi connectivity index (χ4v) is 6.36. The highest BCUT2D eigenvalue weighted by Crippen LogP contribution is 2.46. The molecular formula is C39H12F14N8. The minimum Gasteiger partial charge on any atom is -0.241 e. The first-order chi connectivity index (χ1) is 28.6. The Labute approximate surface area is 330 Å². The Bertz CT molecular complexity index is 2970. The molecular weight excluding hydrogens is 846 g/mol. The number of benzene rings is 4. The van der Waals surface area contributed by atoms with E-state index >= 15 is 4.39 Å². The molecule has 1 aliphatic rings. The lowest BCUT2D eigenvalue weighted by molar-refractivity contribution is -0.138. The van der Waals surface area contributed by atoms with Gasteiger partial charge in [-0.1, -0.05) is 0 Å². The van der Waals surface area contributed by atoms with E-state index in [0.29, 0.717) is 54.6 Å². The molecule has 61 heavy (non-hydrogen) atoms. The molecule has 0 saturated carbocycles. The van der Waals surface area contributed by atoms with Crippen molar-refractivity contribution >= 4 is 11.4 Å². The molecule has 6 aromatic rings. The van der Waals surface area contributed by atoms with E-state index in [0.717, 1.165) is 0 Å². The van der Waals surface area contributed by atoms with Gasteiger partial charge in [-0.05, 0) is 66.7 Å². The number of aliphatic imine (C=N–C) groups is 1. The number of halogens is 14. The van der Waals surface area contributed by atoms with Crippen LogP contribution in [0.2, 0.25) is 0 Å². The molecule has 22 heteroatoms. The number of nitriles is 1. The van der Waals surface area contributed by atoms with Crippen molar-refractivity contribution in [1.29, 1.82) is 5.26 Å². The van der Waals surface area contributed by atoms with Crippen molar-refractivity contribution in [2.45, 2.75) is 18.5 Å². The predicted molar refractivity (Wildman–Crippen MR) is 184 cm³/mol. The summed E-state index contributed by atoms with van der Waals surface area (Å²) in [6.45, 7) is 7.52. The summed E-state index contributed by atoms with van der Waals surface area (Å²) in [5, 5.41) is 13.4. The van der Waals surface area contributed by atoms with Gasteiger partial charge >= 0.3 is 18.5 Å². The maximum atomic E-state index is 15.5. The lowest BCUT2D eigenvalue weighted by Gasteiger charge is -2.24. The normalized spacial score (nSPS) is 14.1. The number of alkyl halides is 9. The quantitative estimate of drug-likeness (QED) is 0.0759. The average molecular weight is 859 g/mol. The second-order valence-electron chi connectivity index (χ2n) is 12.5. The summed E-state index contributed by atoms with van der Waals surface area (Å²) in [4.78, 5) is 23.0. The molecule has 306 valence electrons. The zero-order chi connectivity index (χ0) is 44.3. The molecule has 8 nitrogen and oxygen atoms in total. The molecule has 0 amide bonds. The molecule has 0 unspecified atom stereocenters. The highest BCUT2D eigenvalue weighted by molar-refractivity contribution is 6.29. The monoisotopic (exact) mass is 858 g/mol. The fourth-order valence-electron chi connectivity index (χ4n) is 6.36. The smallest absolute Gasteiger partial charge is 0.241 e. The standard InChI is InChI=1S/C39H12F14N8/c1-55-61-36-34-32(57-27(19-6-2-15(40)10-23(19)37(45,46)47)28(59-34)20-7-3-16(41)11-24(20)38(48,49)50)31(56-14-54)33-35(36)60-30(22-9-5-18(43)13-26(22)44)29(58-33)21-8-4-17(42)12-25(21)39(51,52)53/h2-13H/b56-31?,61-36+. The minimum atomic E-state index is -5.45. The van der Waals surface area contributed by atoms with E-state index in [1.54, 1.807) is 0 Å². The van der Waals surface area contributed by atoms with Gasteiger partial charge in [0, 0.05) is 28.3 Å². The van der Waals surface area contributed by atoms with E-state index in [-0.39, 0.29) is 18.2 Å². The van der Waals surface area contributed by atoms with Gasteiger partial charge in [0.2, 0.25) is 11.9 Å².